The molecule has 0 radical (unpaired) electrons. The fourth-order valence-corrected chi connectivity index (χ4v) is 6.44. The molecule has 9 nitrogen and oxygen atoms in total. The molecule has 2 aliphatic heterocycles. The number of carbonyl (C=O) groups excluding carboxylic acids is 4. The lowest BCUT2D eigenvalue weighted by Gasteiger charge is -2.30. The summed E-state index contributed by atoms with van der Waals surface area (Å²) in [6.45, 7) is 0.484. The number of imide groups is 1. The van der Waals surface area contributed by atoms with E-state index in [-0.39, 0.29) is 37.2 Å². The van der Waals surface area contributed by atoms with E-state index in [1.165, 1.54) is 9.80 Å². The van der Waals surface area contributed by atoms with Crippen molar-refractivity contribution in [1.82, 2.24) is 15.1 Å². The number of unbranched alkanes of at least 4 members (excludes halogenated alkanes) is 1. The molecule has 4 amide bonds. The molecule has 4 atom stereocenters. The van der Waals surface area contributed by atoms with E-state index in [4.69, 9.17) is 0 Å². The molecule has 45 heavy (non-hydrogen) atoms. The summed E-state index contributed by atoms with van der Waals surface area (Å²) >= 11 is 4.52. The first-order valence-corrected chi connectivity index (χ1v) is 15.8. The van der Waals surface area contributed by atoms with Crippen LogP contribution in [0.2, 0.25) is 0 Å². The van der Waals surface area contributed by atoms with Gasteiger partial charge in [-0.2, -0.15) is 12.6 Å². The highest BCUT2D eigenvalue weighted by atomic mass is 32.1. The summed E-state index contributed by atoms with van der Waals surface area (Å²) in [4.78, 5) is 67.6. The molecule has 1 saturated heterocycles. The molecular formula is C35H37N3O6S. The van der Waals surface area contributed by atoms with Crippen LogP contribution >= 0.6 is 12.6 Å². The van der Waals surface area contributed by atoms with Gasteiger partial charge in [0, 0.05) is 19.5 Å². The van der Waals surface area contributed by atoms with Crippen molar-refractivity contribution in [3.05, 3.63) is 107 Å². The smallest absolute Gasteiger partial charge is 0.326 e. The zero-order valence-electron chi connectivity index (χ0n) is 24.9. The normalized spacial score (nSPS) is 19.5. The van der Waals surface area contributed by atoms with Gasteiger partial charge in [0.1, 0.15) is 12.1 Å². The average Bonchev–Trinajstić information content (AvgIpc) is 3.18. The average molecular weight is 628 g/mol. The van der Waals surface area contributed by atoms with Crippen molar-refractivity contribution < 1.29 is 29.1 Å². The first-order valence-electron chi connectivity index (χ1n) is 15.3. The van der Waals surface area contributed by atoms with Crippen LogP contribution in [0.4, 0.5) is 0 Å². The summed E-state index contributed by atoms with van der Waals surface area (Å²) in [5.41, 5.74) is 2.63. The first-order chi connectivity index (χ1) is 21.7. The number of carboxylic acids is 1. The molecule has 2 heterocycles. The summed E-state index contributed by atoms with van der Waals surface area (Å²) in [6, 6.07) is 23.7. The lowest BCUT2D eigenvalue weighted by molar-refractivity contribution is -0.151. The van der Waals surface area contributed by atoms with Crippen molar-refractivity contribution in [2.45, 2.75) is 61.8 Å². The maximum Gasteiger partial charge on any atom is 0.326 e. The maximum atomic E-state index is 13.9. The molecular weight excluding hydrogens is 590 g/mol. The fourth-order valence-electron chi connectivity index (χ4n) is 6.18. The fraction of sp³-hybridized carbons (Fsp3) is 0.343. The van der Waals surface area contributed by atoms with Crippen LogP contribution in [0.15, 0.2) is 84.9 Å². The second kappa shape index (κ2) is 14.6. The van der Waals surface area contributed by atoms with Gasteiger partial charge in [0.15, 0.2) is 0 Å². The Morgan fingerprint density at radius 2 is 1.47 bits per heavy atom. The number of amides is 4. The van der Waals surface area contributed by atoms with Crippen molar-refractivity contribution in [1.29, 1.82) is 0 Å². The van der Waals surface area contributed by atoms with E-state index in [1.54, 1.807) is 24.3 Å². The number of benzene rings is 3. The van der Waals surface area contributed by atoms with Crippen molar-refractivity contribution in [2.24, 2.45) is 0 Å². The highest BCUT2D eigenvalue weighted by Gasteiger charge is 2.39. The number of nitrogens with zero attached hydrogens (tertiary/aromatic N) is 2. The van der Waals surface area contributed by atoms with E-state index in [1.807, 2.05) is 60.7 Å². The Bertz CT molecular complexity index is 1510. The van der Waals surface area contributed by atoms with Gasteiger partial charge in [0.2, 0.25) is 11.8 Å². The molecule has 3 aromatic rings. The minimum absolute atomic E-state index is 0.0605. The van der Waals surface area contributed by atoms with Gasteiger partial charge in [-0.05, 0) is 54.9 Å². The molecule has 1 fully saturated rings. The van der Waals surface area contributed by atoms with Crippen LogP contribution in [0.25, 0.3) is 0 Å². The summed E-state index contributed by atoms with van der Waals surface area (Å²) in [5.74, 6) is -2.62. The SMILES string of the molecule is O=C(NC1CC(c2ccccc2)CCN(C(Cc2ccccc2)C(=O)O)C1=O)C(S)CCCCN1C(=O)c2ccccc2C1=O. The molecule has 0 aromatic heterocycles. The van der Waals surface area contributed by atoms with Crippen LogP contribution in [-0.2, 0) is 20.8 Å². The summed E-state index contributed by atoms with van der Waals surface area (Å²) in [5, 5.41) is 12.3. The third kappa shape index (κ3) is 7.45. The zero-order valence-corrected chi connectivity index (χ0v) is 25.8. The van der Waals surface area contributed by atoms with E-state index >= 15 is 0 Å². The molecule has 2 aliphatic rings. The van der Waals surface area contributed by atoms with Gasteiger partial charge < -0.3 is 15.3 Å². The second-order valence-corrected chi connectivity index (χ2v) is 12.2. The third-order valence-electron chi connectivity index (χ3n) is 8.63. The number of aliphatic carboxylic acids is 1. The lowest BCUT2D eigenvalue weighted by atomic mass is 9.90. The van der Waals surface area contributed by atoms with Gasteiger partial charge in [0.25, 0.3) is 11.8 Å². The van der Waals surface area contributed by atoms with Crippen LogP contribution in [-0.4, -0.2) is 74.9 Å². The molecule has 0 saturated carbocycles. The molecule has 10 heteroatoms. The Hall–Kier alpha value is -4.44. The van der Waals surface area contributed by atoms with Crippen LogP contribution < -0.4 is 5.32 Å². The number of carbonyl (C=O) groups is 5. The number of hydrogen-bond acceptors (Lipinski definition) is 6. The van der Waals surface area contributed by atoms with Gasteiger partial charge in [-0.25, -0.2) is 4.79 Å². The topological polar surface area (TPSA) is 124 Å². The zero-order chi connectivity index (χ0) is 31.9. The number of thiol groups is 1. The Balaban J connectivity index is 1.23. The molecule has 2 N–H and O–H groups in total. The van der Waals surface area contributed by atoms with Crippen LogP contribution in [0.5, 0.6) is 0 Å². The number of fused-ring (bicyclic) bond motifs is 1. The molecule has 234 valence electrons. The molecule has 0 spiro atoms. The van der Waals surface area contributed by atoms with E-state index in [2.05, 4.69) is 17.9 Å². The Morgan fingerprint density at radius 1 is 0.867 bits per heavy atom. The minimum Gasteiger partial charge on any atom is -0.480 e. The van der Waals surface area contributed by atoms with Gasteiger partial charge in [-0.1, -0.05) is 79.2 Å². The molecule has 5 rings (SSSR count). The van der Waals surface area contributed by atoms with Gasteiger partial charge in [-0.15, -0.1) is 0 Å². The lowest BCUT2D eigenvalue weighted by Crippen LogP contribution is -2.54. The van der Waals surface area contributed by atoms with Crippen LogP contribution in [0.1, 0.15) is 69.9 Å². The minimum atomic E-state index is -1.10. The highest BCUT2D eigenvalue weighted by Crippen LogP contribution is 2.30. The molecule has 0 aliphatic carbocycles. The second-order valence-electron chi connectivity index (χ2n) is 11.6. The van der Waals surface area contributed by atoms with Crippen LogP contribution in [0.3, 0.4) is 0 Å². The standard InChI is InChI=1S/C35H37N3O6S/c39-31(30(45)17-9-10-19-38-32(40)26-15-7-8-16-27(26)33(38)41)36-28-22-25(24-13-5-2-6-14-24)18-20-37(34(28)42)29(35(43)44)21-23-11-3-1-4-12-23/h1-8,11-16,25,28-30,45H,9-10,17-22H2,(H,36,39)(H,43,44). The predicted molar refractivity (Wildman–Crippen MR) is 172 cm³/mol. The highest BCUT2D eigenvalue weighted by molar-refractivity contribution is 7.81. The van der Waals surface area contributed by atoms with Crippen molar-refractivity contribution in [2.75, 3.05) is 13.1 Å². The summed E-state index contributed by atoms with van der Waals surface area (Å²) < 4.78 is 0. The van der Waals surface area contributed by atoms with Crippen LogP contribution in [0, 0.1) is 0 Å². The van der Waals surface area contributed by atoms with E-state index in [0.29, 0.717) is 43.2 Å². The van der Waals surface area contributed by atoms with Gasteiger partial charge >= 0.3 is 5.97 Å². The number of hydrogen-bond donors (Lipinski definition) is 3. The largest absolute Gasteiger partial charge is 0.480 e. The number of carboxylic acid groups (broad SMARTS) is 1. The van der Waals surface area contributed by atoms with E-state index in [9.17, 15) is 29.1 Å². The van der Waals surface area contributed by atoms with Gasteiger partial charge in [0.05, 0.1) is 16.4 Å². The Morgan fingerprint density at radius 3 is 2.09 bits per heavy atom. The van der Waals surface area contributed by atoms with E-state index < -0.39 is 35.1 Å². The Labute approximate surface area is 268 Å². The third-order valence-corrected chi connectivity index (χ3v) is 9.12. The number of rotatable bonds is 12. The van der Waals surface area contributed by atoms with E-state index in [0.717, 1.165) is 11.1 Å². The molecule has 3 aromatic carbocycles. The Kier molecular flexibility index (Phi) is 10.3. The predicted octanol–water partition coefficient (Wildman–Crippen LogP) is 4.34. The van der Waals surface area contributed by atoms with Crippen molar-refractivity contribution in [3.8, 4) is 0 Å². The first kappa shape index (κ1) is 32.0. The quantitative estimate of drug-likeness (QED) is 0.156. The summed E-state index contributed by atoms with van der Waals surface area (Å²) in [7, 11) is 0. The molecule has 4 unspecified atom stereocenters. The monoisotopic (exact) mass is 627 g/mol. The van der Waals surface area contributed by atoms with Crippen molar-refractivity contribution in [3.63, 3.8) is 0 Å². The number of nitrogens with one attached hydrogen (secondary N) is 1. The van der Waals surface area contributed by atoms with Crippen molar-refractivity contribution >= 4 is 42.2 Å². The molecule has 0 bridgehead atoms. The maximum absolute atomic E-state index is 13.9. The van der Waals surface area contributed by atoms with Gasteiger partial charge in [-0.3, -0.25) is 24.1 Å². The summed E-state index contributed by atoms with van der Waals surface area (Å²) in [6.07, 6.45) is 2.45. The number of likely N-dealkylation sites (tertiary alicyclic amines) is 1.